The SMILES string of the molecule is CCNSc1cccc(Nc2nc(N(C)c3ccc(OCCN4CCCC4)cc3)ncc2C)c1. The third-order valence-electron chi connectivity index (χ3n) is 5.79. The number of hydrogen-bond acceptors (Lipinski definition) is 8. The van der Waals surface area contributed by atoms with Crippen LogP contribution in [0.2, 0.25) is 0 Å². The highest BCUT2D eigenvalue weighted by Crippen LogP contribution is 2.27. The second kappa shape index (κ2) is 12.1. The fourth-order valence-electron chi connectivity index (χ4n) is 3.83. The summed E-state index contributed by atoms with van der Waals surface area (Å²) in [6.45, 7) is 9.12. The fraction of sp³-hybridized carbons (Fsp3) is 0.385. The van der Waals surface area contributed by atoms with E-state index in [0.29, 0.717) is 5.95 Å². The van der Waals surface area contributed by atoms with Gasteiger partial charge in [-0.3, -0.25) is 9.62 Å². The minimum atomic E-state index is 0.633. The lowest BCUT2D eigenvalue weighted by Crippen LogP contribution is -2.25. The second-order valence-corrected chi connectivity index (χ2v) is 9.37. The highest BCUT2D eigenvalue weighted by atomic mass is 32.2. The molecule has 0 amide bonds. The Labute approximate surface area is 207 Å². The van der Waals surface area contributed by atoms with Crippen LogP contribution in [-0.4, -0.2) is 54.7 Å². The molecule has 1 aliphatic rings. The van der Waals surface area contributed by atoms with E-state index in [-0.39, 0.29) is 0 Å². The van der Waals surface area contributed by atoms with Gasteiger partial charge in [0, 0.05) is 48.2 Å². The highest BCUT2D eigenvalue weighted by Gasteiger charge is 2.12. The Morgan fingerprint density at radius 3 is 2.68 bits per heavy atom. The zero-order chi connectivity index (χ0) is 23.8. The van der Waals surface area contributed by atoms with Crippen LogP contribution < -0.4 is 19.7 Å². The van der Waals surface area contributed by atoms with Crippen LogP contribution in [0, 0.1) is 6.92 Å². The maximum Gasteiger partial charge on any atom is 0.231 e. The van der Waals surface area contributed by atoms with E-state index in [1.54, 1.807) is 11.9 Å². The summed E-state index contributed by atoms with van der Waals surface area (Å²) in [4.78, 5) is 14.9. The summed E-state index contributed by atoms with van der Waals surface area (Å²) < 4.78 is 9.22. The highest BCUT2D eigenvalue weighted by molar-refractivity contribution is 7.97. The van der Waals surface area contributed by atoms with Crippen molar-refractivity contribution in [2.45, 2.75) is 31.6 Å². The molecule has 0 aliphatic carbocycles. The average molecular weight is 479 g/mol. The molecule has 8 heteroatoms. The molecule has 0 saturated carbocycles. The molecule has 1 aliphatic heterocycles. The van der Waals surface area contributed by atoms with Gasteiger partial charge in [-0.25, -0.2) is 4.98 Å². The maximum atomic E-state index is 5.94. The lowest BCUT2D eigenvalue weighted by Gasteiger charge is -2.19. The van der Waals surface area contributed by atoms with Crippen LogP contribution in [0.4, 0.5) is 23.1 Å². The Morgan fingerprint density at radius 2 is 1.91 bits per heavy atom. The molecule has 0 radical (unpaired) electrons. The molecule has 2 heterocycles. The number of likely N-dealkylation sites (tertiary alicyclic amines) is 1. The molecule has 0 atom stereocenters. The van der Waals surface area contributed by atoms with E-state index < -0.39 is 0 Å². The van der Waals surface area contributed by atoms with Gasteiger partial charge in [0.1, 0.15) is 18.2 Å². The van der Waals surface area contributed by atoms with Crippen molar-refractivity contribution in [3.63, 3.8) is 0 Å². The van der Waals surface area contributed by atoms with Gasteiger partial charge in [0.2, 0.25) is 5.95 Å². The summed E-state index contributed by atoms with van der Waals surface area (Å²) in [6, 6.07) is 16.4. The smallest absolute Gasteiger partial charge is 0.231 e. The molecule has 0 spiro atoms. The zero-order valence-corrected chi connectivity index (χ0v) is 21.1. The van der Waals surface area contributed by atoms with Gasteiger partial charge >= 0.3 is 0 Å². The number of aromatic nitrogens is 2. The van der Waals surface area contributed by atoms with Gasteiger partial charge in [-0.2, -0.15) is 4.98 Å². The number of benzene rings is 2. The largest absolute Gasteiger partial charge is 0.492 e. The number of rotatable bonds is 11. The van der Waals surface area contributed by atoms with Crippen molar-refractivity contribution in [2.75, 3.05) is 50.1 Å². The number of nitrogens with one attached hydrogen (secondary N) is 2. The van der Waals surface area contributed by atoms with Crippen molar-refractivity contribution in [1.29, 1.82) is 0 Å². The monoisotopic (exact) mass is 478 g/mol. The van der Waals surface area contributed by atoms with Crippen molar-refractivity contribution in [3.8, 4) is 5.75 Å². The molecule has 34 heavy (non-hydrogen) atoms. The first-order valence-electron chi connectivity index (χ1n) is 11.9. The molecular weight excluding hydrogens is 444 g/mol. The molecular formula is C26H34N6OS. The van der Waals surface area contributed by atoms with Crippen molar-refractivity contribution >= 4 is 35.1 Å². The first-order chi connectivity index (χ1) is 16.6. The number of nitrogens with zero attached hydrogens (tertiary/aromatic N) is 4. The fourth-order valence-corrected chi connectivity index (χ4v) is 4.47. The summed E-state index contributed by atoms with van der Waals surface area (Å²) in [5.41, 5.74) is 2.99. The quantitative estimate of drug-likeness (QED) is 0.356. The van der Waals surface area contributed by atoms with Gasteiger partial charge in [-0.15, -0.1) is 0 Å². The van der Waals surface area contributed by atoms with Crippen molar-refractivity contribution in [1.82, 2.24) is 19.6 Å². The lowest BCUT2D eigenvalue weighted by molar-refractivity contribution is 0.238. The van der Waals surface area contributed by atoms with E-state index in [4.69, 9.17) is 9.72 Å². The first kappa shape index (κ1) is 24.3. The number of aryl methyl sites for hydroxylation is 1. The van der Waals surface area contributed by atoms with Crippen LogP contribution in [0.3, 0.4) is 0 Å². The minimum absolute atomic E-state index is 0.633. The van der Waals surface area contributed by atoms with E-state index in [9.17, 15) is 0 Å². The van der Waals surface area contributed by atoms with Crippen LogP contribution in [0.1, 0.15) is 25.3 Å². The average Bonchev–Trinajstić information content (AvgIpc) is 3.38. The molecule has 3 aromatic rings. The van der Waals surface area contributed by atoms with Crippen LogP contribution in [0.15, 0.2) is 59.6 Å². The van der Waals surface area contributed by atoms with Gasteiger partial charge in [0.25, 0.3) is 0 Å². The molecule has 180 valence electrons. The number of hydrogen-bond donors (Lipinski definition) is 2. The Hall–Kier alpha value is -2.81. The predicted molar refractivity (Wildman–Crippen MR) is 142 cm³/mol. The lowest BCUT2D eigenvalue weighted by atomic mass is 10.3. The Kier molecular flexibility index (Phi) is 8.62. The van der Waals surface area contributed by atoms with Gasteiger partial charge in [-0.1, -0.05) is 13.0 Å². The summed E-state index contributed by atoms with van der Waals surface area (Å²) >= 11 is 1.62. The van der Waals surface area contributed by atoms with Crippen LogP contribution in [0.25, 0.3) is 0 Å². The van der Waals surface area contributed by atoms with Gasteiger partial charge in [-0.05, 0) is 87.3 Å². The summed E-state index contributed by atoms with van der Waals surface area (Å²) in [7, 11) is 1.98. The molecule has 7 nitrogen and oxygen atoms in total. The normalized spacial score (nSPS) is 13.7. The third-order valence-corrected chi connectivity index (χ3v) is 6.71. The molecule has 0 unspecified atom stereocenters. The molecule has 0 bridgehead atoms. The van der Waals surface area contributed by atoms with E-state index in [1.807, 2.05) is 61.5 Å². The number of anilines is 4. The van der Waals surface area contributed by atoms with Gasteiger partial charge < -0.3 is 15.0 Å². The second-order valence-electron chi connectivity index (χ2n) is 8.40. The van der Waals surface area contributed by atoms with Crippen LogP contribution in [0.5, 0.6) is 5.75 Å². The van der Waals surface area contributed by atoms with Crippen LogP contribution in [-0.2, 0) is 0 Å². The molecule has 1 fully saturated rings. The van der Waals surface area contributed by atoms with Crippen LogP contribution >= 0.6 is 11.9 Å². The van der Waals surface area contributed by atoms with Gasteiger partial charge in [0.05, 0.1) is 0 Å². The minimum Gasteiger partial charge on any atom is -0.492 e. The Bertz CT molecular complexity index is 1060. The molecule has 1 aromatic heterocycles. The van der Waals surface area contributed by atoms with E-state index >= 15 is 0 Å². The topological polar surface area (TPSA) is 65.6 Å². The van der Waals surface area contributed by atoms with Crippen molar-refractivity contribution in [2.24, 2.45) is 0 Å². The predicted octanol–water partition coefficient (Wildman–Crippen LogP) is 5.39. The summed E-state index contributed by atoms with van der Waals surface area (Å²) in [5, 5.41) is 3.45. The van der Waals surface area contributed by atoms with Crippen molar-refractivity contribution < 1.29 is 4.74 Å². The summed E-state index contributed by atoms with van der Waals surface area (Å²) in [5.74, 6) is 2.32. The van der Waals surface area contributed by atoms with Gasteiger partial charge in [0.15, 0.2) is 0 Å². The molecule has 2 aromatic carbocycles. The molecule has 4 rings (SSSR count). The Morgan fingerprint density at radius 1 is 1.12 bits per heavy atom. The van der Waals surface area contributed by atoms with E-state index in [1.165, 1.54) is 25.9 Å². The van der Waals surface area contributed by atoms with Crippen molar-refractivity contribution in [3.05, 3.63) is 60.3 Å². The maximum absolute atomic E-state index is 5.94. The van der Waals surface area contributed by atoms with E-state index in [2.05, 4.69) is 39.0 Å². The Balaban J connectivity index is 1.39. The summed E-state index contributed by atoms with van der Waals surface area (Å²) in [6.07, 6.45) is 4.47. The standard InChI is InChI=1S/C26H34N6OS/c1-4-28-34-24-9-7-8-21(18-24)29-25-20(2)19-27-26(30-25)31(3)22-10-12-23(13-11-22)33-17-16-32-14-5-6-15-32/h7-13,18-19,28H,4-6,14-17H2,1-3H3,(H,27,29,30). The van der Waals surface area contributed by atoms with E-state index in [0.717, 1.165) is 53.1 Å². The molecule has 2 N–H and O–H groups in total. The first-order valence-corrected chi connectivity index (χ1v) is 12.7. The number of ether oxygens (including phenoxy) is 1. The third kappa shape index (κ3) is 6.62. The molecule has 1 saturated heterocycles. The zero-order valence-electron chi connectivity index (χ0n) is 20.3.